The molecule has 0 saturated carbocycles. The molecule has 2 nitrogen and oxygen atoms in total. The number of benzene rings is 1. The monoisotopic (exact) mass is 344 g/mol. The molecule has 0 amide bonds. The van der Waals surface area contributed by atoms with Crippen molar-refractivity contribution < 1.29 is 0 Å². The maximum atomic E-state index is 3.92. The maximum absolute atomic E-state index is 3.92. The Kier molecular flexibility index (Phi) is 11.0. The van der Waals surface area contributed by atoms with E-state index in [9.17, 15) is 0 Å². The third-order valence-corrected chi connectivity index (χ3v) is 5.79. The normalized spacial score (nSPS) is 11.6. The van der Waals surface area contributed by atoms with Gasteiger partial charge in [-0.1, -0.05) is 69.8 Å². The topological polar surface area (TPSA) is 6.48 Å². The van der Waals surface area contributed by atoms with E-state index in [1.165, 1.54) is 62.6 Å². The predicted octanol–water partition coefficient (Wildman–Crippen LogP) is 4.19. The van der Waals surface area contributed by atoms with Gasteiger partial charge >= 0.3 is 0 Å². The van der Waals surface area contributed by atoms with Crippen LogP contribution in [0.5, 0.6) is 0 Å². The minimum atomic E-state index is 0.532. The van der Waals surface area contributed by atoms with Crippen molar-refractivity contribution in [2.45, 2.75) is 59.2 Å². The van der Waals surface area contributed by atoms with E-state index in [4.69, 9.17) is 0 Å². The molecule has 0 bridgehead atoms. The summed E-state index contributed by atoms with van der Waals surface area (Å²) < 4.78 is 0. The van der Waals surface area contributed by atoms with Gasteiger partial charge in [0, 0.05) is 0 Å². The molecule has 0 saturated heterocycles. The fourth-order valence-corrected chi connectivity index (χ4v) is 4.80. The van der Waals surface area contributed by atoms with Gasteiger partial charge in [-0.2, -0.15) is 0 Å². The Morgan fingerprint density at radius 3 is 1.83 bits per heavy atom. The lowest BCUT2D eigenvalue weighted by molar-refractivity contribution is 0.0962. The molecule has 0 heterocycles. The van der Waals surface area contributed by atoms with Gasteiger partial charge in [0.2, 0.25) is 0 Å². The minimum Gasteiger partial charge on any atom is -0.291 e. The van der Waals surface area contributed by atoms with Crippen LogP contribution in [0.25, 0.3) is 6.08 Å². The summed E-state index contributed by atoms with van der Waals surface area (Å²) in [5.41, 5.74) is 1.23. The van der Waals surface area contributed by atoms with Gasteiger partial charge in [-0.05, 0) is 57.4 Å². The van der Waals surface area contributed by atoms with Crippen LogP contribution < -0.4 is 5.19 Å². The first-order valence-electron chi connectivity index (χ1n) is 9.67. The standard InChI is InChI=1S/C21H36N2Si/c1-6-14-22(15-7-2)21(23(16-8-3)17-9-4)24-20-13-11-12-19(10-5)18-20/h10-13,18,21H,5-9,14-17H2,1-4H3. The Hall–Kier alpha value is -0.903. The van der Waals surface area contributed by atoms with Gasteiger partial charge in [-0.15, -0.1) is 0 Å². The zero-order chi connectivity index (χ0) is 17.8. The van der Waals surface area contributed by atoms with Crippen LogP contribution in [0.2, 0.25) is 0 Å². The molecular formula is C21H36N2Si. The average Bonchev–Trinajstić information content (AvgIpc) is 2.60. The van der Waals surface area contributed by atoms with Crippen molar-refractivity contribution in [2.24, 2.45) is 0 Å². The smallest absolute Gasteiger partial charge is 0.123 e. The zero-order valence-corrected chi connectivity index (χ0v) is 17.2. The SMILES string of the molecule is C=Cc1cccc([Si]C(N(CCC)CCC)N(CCC)CCC)c1. The Morgan fingerprint density at radius 2 is 1.42 bits per heavy atom. The Morgan fingerprint density at radius 1 is 0.917 bits per heavy atom. The molecule has 1 rings (SSSR count). The van der Waals surface area contributed by atoms with Crippen LogP contribution in [-0.2, 0) is 0 Å². The molecule has 0 unspecified atom stereocenters. The van der Waals surface area contributed by atoms with Crippen LogP contribution in [0.4, 0.5) is 0 Å². The molecular weight excluding hydrogens is 308 g/mol. The molecule has 0 aromatic heterocycles. The van der Waals surface area contributed by atoms with E-state index in [0.29, 0.717) is 5.79 Å². The van der Waals surface area contributed by atoms with E-state index >= 15 is 0 Å². The van der Waals surface area contributed by atoms with E-state index in [2.05, 4.69) is 68.3 Å². The fourth-order valence-electron chi connectivity index (χ4n) is 3.18. The number of hydrogen-bond acceptors (Lipinski definition) is 2. The van der Waals surface area contributed by atoms with E-state index in [1.54, 1.807) is 0 Å². The van der Waals surface area contributed by atoms with Gasteiger partial charge in [-0.3, -0.25) is 9.80 Å². The van der Waals surface area contributed by atoms with Crippen molar-refractivity contribution in [1.29, 1.82) is 0 Å². The van der Waals surface area contributed by atoms with Crippen LogP contribution in [0.1, 0.15) is 58.9 Å². The Bertz CT molecular complexity index is 433. The average molecular weight is 345 g/mol. The first-order valence-corrected chi connectivity index (χ1v) is 10.7. The molecule has 0 aliphatic carbocycles. The zero-order valence-electron chi connectivity index (χ0n) is 16.2. The van der Waals surface area contributed by atoms with Gasteiger partial charge in [-0.25, -0.2) is 0 Å². The summed E-state index contributed by atoms with van der Waals surface area (Å²) in [6.07, 6.45) is 6.84. The van der Waals surface area contributed by atoms with Crippen molar-refractivity contribution in [3.63, 3.8) is 0 Å². The summed E-state index contributed by atoms with van der Waals surface area (Å²) >= 11 is 0. The van der Waals surface area contributed by atoms with Crippen LogP contribution in [-0.4, -0.2) is 51.3 Å². The van der Waals surface area contributed by atoms with Crippen LogP contribution in [0.3, 0.4) is 0 Å². The van der Waals surface area contributed by atoms with Crippen LogP contribution in [0.15, 0.2) is 30.8 Å². The van der Waals surface area contributed by atoms with Gasteiger partial charge in [0.15, 0.2) is 0 Å². The van der Waals surface area contributed by atoms with E-state index in [1.807, 2.05) is 6.08 Å². The molecule has 134 valence electrons. The second-order valence-corrected chi connectivity index (χ2v) is 7.80. The number of nitrogens with zero attached hydrogens (tertiary/aromatic N) is 2. The minimum absolute atomic E-state index is 0.532. The predicted molar refractivity (Wildman–Crippen MR) is 110 cm³/mol. The first-order chi connectivity index (χ1) is 11.7. The van der Waals surface area contributed by atoms with Gasteiger partial charge in [0.1, 0.15) is 9.52 Å². The summed E-state index contributed by atoms with van der Waals surface area (Å²) in [5, 5.41) is 1.45. The van der Waals surface area contributed by atoms with Gasteiger partial charge in [0.05, 0.1) is 5.79 Å². The largest absolute Gasteiger partial charge is 0.291 e. The summed E-state index contributed by atoms with van der Waals surface area (Å²) in [7, 11) is 0.799. The molecule has 0 spiro atoms. The van der Waals surface area contributed by atoms with Crippen molar-refractivity contribution in [3.8, 4) is 0 Å². The Balaban J connectivity index is 3.05. The van der Waals surface area contributed by atoms with Crippen molar-refractivity contribution in [1.82, 2.24) is 9.80 Å². The van der Waals surface area contributed by atoms with Crippen molar-refractivity contribution in [3.05, 3.63) is 36.4 Å². The molecule has 0 aliphatic rings. The van der Waals surface area contributed by atoms with Gasteiger partial charge in [0.25, 0.3) is 0 Å². The molecule has 1 aromatic carbocycles. The molecule has 0 aliphatic heterocycles. The maximum Gasteiger partial charge on any atom is 0.123 e. The highest BCUT2D eigenvalue weighted by atomic mass is 28.2. The second kappa shape index (κ2) is 12.5. The summed E-state index contributed by atoms with van der Waals surface area (Å²) in [6, 6.07) is 8.90. The lowest BCUT2D eigenvalue weighted by Crippen LogP contribution is -2.55. The highest BCUT2D eigenvalue weighted by Crippen LogP contribution is 2.10. The lowest BCUT2D eigenvalue weighted by atomic mass is 10.2. The molecule has 1 aromatic rings. The van der Waals surface area contributed by atoms with Crippen molar-refractivity contribution in [2.75, 3.05) is 26.2 Å². The fraction of sp³-hybridized carbons (Fsp3) is 0.619. The van der Waals surface area contributed by atoms with E-state index in [0.717, 1.165) is 9.52 Å². The third kappa shape index (κ3) is 6.92. The number of rotatable bonds is 13. The van der Waals surface area contributed by atoms with Gasteiger partial charge < -0.3 is 0 Å². The summed E-state index contributed by atoms with van der Waals surface area (Å²) in [6.45, 7) is 17.9. The van der Waals surface area contributed by atoms with E-state index in [-0.39, 0.29) is 0 Å². The molecule has 3 heteroatoms. The molecule has 0 N–H and O–H groups in total. The second-order valence-electron chi connectivity index (χ2n) is 6.42. The van der Waals surface area contributed by atoms with Crippen molar-refractivity contribution >= 4 is 20.8 Å². The quantitative estimate of drug-likeness (QED) is 0.391. The summed E-state index contributed by atoms with van der Waals surface area (Å²) in [5.74, 6) is 0.532. The van der Waals surface area contributed by atoms with Crippen LogP contribution in [0, 0.1) is 0 Å². The van der Waals surface area contributed by atoms with E-state index < -0.39 is 0 Å². The highest BCUT2D eigenvalue weighted by molar-refractivity contribution is 6.55. The van der Waals surface area contributed by atoms with Crippen LogP contribution >= 0.6 is 0 Å². The molecule has 0 atom stereocenters. The molecule has 24 heavy (non-hydrogen) atoms. The molecule has 0 fully saturated rings. The molecule has 2 radical (unpaired) electrons. The Labute approximate surface area is 152 Å². The third-order valence-electron chi connectivity index (χ3n) is 4.15. The number of hydrogen-bond donors (Lipinski definition) is 0. The first kappa shape index (κ1) is 21.1. The lowest BCUT2D eigenvalue weighted by Gasteiger charge is -2.39. The summed E-state index contributed by atoms with van der Waals surface area (Å²) in [4.78, 5) is 5.43. The highest BCUT2D eigenvalue weighted by Gasteiger charge is 2.24.